The number of hydrogen-bond acceptors (Lipinski definition) is 5. The van der Waals surface area contributed by atoms with Crippen LogP contribution in [0.4, 0.5) is 5.69 Å². The number of methoxy groups -OCH3 is 1. The number of carbonyl (C=O) groups is 3. The molecule has 1 heterocycles. The molecule has 0 spiro atoms. The second-order valence-electron chi connectivity index (χ2n) is 6.16. The molecule has 7 heteroatoms. The molecule has 0 unspecified atom stereocenters. The number of esters is 1. The van der Waals surface area contributed by atoms with Crippen LogP contribution in [0, 0.1) is 5.41 Å². The fraction of sp³-hybridized carbons (Fsp3) is 0.263. The van der Waals surface area contributed by atoms with Gasteiger partial charge in [0.05, 0.1) is 24.9 Å². The number of hydrogen-bond donors (Lipinski definition) is 2. The summed E-state index contributed by atoms with van der Waals surface area (Å²) in [6.07, 6.45) is 1.63. The van der Waals surface area contributed by atoms with Gasteiger partial charge in [0.25, 0.3) is 0 Å². The molecule has 2 N–H and O–H groups in total. The van der Waals surface area contributed by atoms with Crippen LogP contribution in [0.3, 0.4) is 0 Å². The van der Waals surface area contributed by atoms with Crippen molar-refractivity contribution in [1.82, 2.24) is 10.3 Å². The van der Waals surface area contributed by atoms with E-state index in [-0.39, 0.29) is 6.54 Å². The Kier molecular flexibility index (Phi) is 6.06. The van der Waals surface area contributed by atoms with E-state index >= 15 is 0 Å². The fourth-order valence-electron chi connectivity index (χ4n) is 2.13. The molecule has 0 aliphatic carbocycles. The summed E-state index contributed by atoms with van der Waals surface area (Å²) in [5, 5.41) is 5.37. The molecule has 1 aromatic carbocycles. The van der Waals surface area contributed by atoms with Crippen LogP contribution in [0.2, 0.25) is 0 Å². The quantitative estimate of drug-likeness (QED) is 0.611. The molecule has 136 valence electrons. The molecule has 0 atom stereocenters. The van der Waals surface area contributed by atoms with Gasteiger partial charge in [-0.3, -0.25) is 14.6 Å². The normalized spacial score (nSPS) is 10.7. The van der Waals surface area contributed by atoms with Gasteiger partial charge >= 0.3 is 5.97 Å². The SMILES string of the molecule is COC(=O)c1cccc(NC(=O)C(C)(C)C(=O)NCc2ccccn2)c1. The topological polar surface area (TPSA) is 97.4 Å². The molecule has 0 aliphatic rings. The van der Waals surface area contributed by atoms with Crippen molar-refractivity contribution in [3.05, 3.63) is 59.9 Å². The Morgan fingerprint density at radius 1 is 1.08 bits per heavy atom. The third-order valence-corrected chi connectivity index (χ3v) is 3.83. The molecule has 26 heavy (non-hydrogen) atoms. The molecule has 2 amide bonds. The van der Waals surface area contributed by atoms with Gasteiger partial charge in [0.1, 0.15) is 5.41 Å². The van der Waals surface area contributed by atoms with Crippen molar-refractivity contribution in [2.75, 3.05) is 12.4 Å². The van der Waals surface area contributed by atoms with Crippen molar-refractivity contribution in [1.29, 1.82) is 0 Å². The molecule has 0 aliphatic heterocycles. The number of benzene rings is 1. The average molecular weight is 355 g/mol. The maximum Gasteiger partial charge on any atom is 0.337 e. The van der Waals surface area contributed by atoms with Gasteiger partial charge in [-0.25, -0.2) is 4.79 Å². The Hall–Kier alpha value is -3.22. The minimum Gasteiger partial charge on any atom is -0.465 e. The van der Waals surface area contributed by atoms with Crippen LogP contribution in [0.5, 0.6) is 0 Å². The van der Waals surface area contributed by atoms with Crippen molar-refractivity contribution >= 4 is 23.5 Å². The minimum atomic E-state index is -1.31. The molecular formula is C19H21N3O4. The smallest absolute Gasteiger partial charge is 0.337 e. The lowest BCUT2D eigenvalue weighted by Crippen LogP contribution is -2.45. The molecule has 2 aromatic rings. The molecule has 2 rings (SSSR count). The summed E-state index contributed by atoms with van der Waals surface area (Å²) in [5.74, 6) is -1.42. The summed E-state index contributed by atoms with van der Waals surface area (Å²) < 4.78 is 4.65. The zero-order chi connectivity index (χ0) is 19.2. The number of carbonyl (C=O) groups excluding carboxylic acids is 3. The van der Waals surface area contributed by atoms with Gasteiger partial charge in [0.15, 0.2) is 0 Å². The summed E-state index contributed by atoms with van der Waals surface area (Å²) in [6.45, 7) is 3.29. The highest BCUT2D eigenvalue weighted by Crippen LogP contribution is 2.20. The predicted molar refractivity (Wildman–Crippen MR) is 96.3 cm³/mol. The van der Waals surface area contributed by atoms with Crippen molar-refractivity contribution in [2.24, 2.45) is 5.41 Å². The second-order valence-corrected chi connectivity index (χ2v) is 6.16. The van der Waals surface area contributed by atoms with E-state index in [2.05, 4.69) is 20.4 Å². The maximum absolute atomic E-state index is 12.5. The van der Waals surface area contributed by atoms with E-state index in [0.717, 1.165) is 0 Å². The molecule has 0 saturated heterocycles. The first kappa shape index (κ1) is 19.1. The van der Waals surface area contributed by atoms with Gasteiger partial charge < -0.3 is 15.4 Å². The molecular weight excluding hydrogens is 334 g/mol. The molecule has 7 nitrogen and oxygen atoms in total. The van der Waals surface area contributed by atoms with Crippen LogP contribution >= 0.6 is 0 Å². The van der Waals surface area contributed by atoms with Gasteiger partial charge in [-0.2, -0.15) is 0 Å². The lowest BCUT2D eigenvalue weighted by Gasteiger charge is -2.22. The van der Waals surface area contributed by atoms with Gasteiger partial charge in [0, 0.05) is 11.9 Å². The van der Waals surface area contributed by atoms with E-state index in [4.69, 9.17) is 0 Å². The van der Waals surface area contributed by atoms with Crippen molar-refractivity contribution in [2.45, 2.75) is 20.4 Å². The van der Waals surface area contributed by atoms with Gasteiger partial charge in [-0.15, -0.1) is 0 Å². The number of rotatable bonds is 6. The van der Waals surface area contributed by atoms with Crippen LogP contribution in [-0.4, -0.2) is 29.9 Å². The largest absolute Gasteiger partial charge is 0.465 e. The summed E-state index contributed by atoms with van der Waals surface area (Å²) in [6, 6.07) is 11.7. The zero-order valence-electron chi connectivity index (χ0n) is 14.9. The van der Waals surface area contributed by atoms with Crippen LogP contribution < -0.4 is 10.6 Å². The standard InChI is InChI=1S/C19H21N3O4/c1-19(2,17(24)21-12-15-8-4-5-10-20-15)18(25)22-14-9-6-7-13(11-14)16(23)26-3/h4-11H,12H2,1-3H3,(H,21,24)(H,22,25). The predicted octanol–water partition coefficient (Wildman–Crippen LogP) is 2.15. The number of nitrogens with one attached hydrogen (secondary N) is 2. The molecule has 0 bridgehead atoms. The Balaban J connectivity index is 2.02. The van der Waals surface area contributed by atoms with Gasteiger partial charge in [0.2, 0.25) is 11.8 Å². The van der Waals surface area contributed by atoms with Crippen molar-refractivity contribution in [3.8, 4) is 0 Å². The van der Waals surface area contributed by atoms with E-state index in [1.807, 2.05) is 6.07 Å². The van der Waals surface area contributed by atoms with E-state index in [1.54, 1.807) is 36.5 Å². The van der Waals surface area contributed by atoms with E-state index in [9.17, 15) is 14.4 Å². The first-order valence-corrected chi connectivity index (χ1v) is 8.02. The monoisotopic (exact) mass is 355 g/mol. The number of aromatic nitrogens is 1. The Morgan fingerprint density at radius 2 is 1.85 bits per heavy atom. The summed E-state index contributed by atoms with van der Waals surface area (Å²) in [5.41, 5.74) is 0.102. The summed E-state index contributed by atoms with van der Waals surface area (Å²) in [7, 11) is 1.28. The van der Waals surface area contributed by atoms with E-state index in [1.165, 1.54) is 27.0 Å². The van der Waals surface area contributed by atoms with Crippen LogP contribution in [0.1, 0.15) is 29.9 Å². The first-order chi connectivity index (χ1) is 12.3. The van der Waals surface area contributed by atoms with Gasteiger partial charge in [-0.1, -0.05) is 12.1 Å². The van der Waals surface area contributed by atoms with Crippen LogP contribution in [0.15, 0.2) is 48.7 Å². The third-order valence-electron chi connectivity index (χ3n) is 3.83. The number of anilines is 1. The fourth-order valence-corrected chi connectivity index (χ4v) is 2.13. The van der Waals surface area contributed by atoms with Crippen molar-refractivity contribution < 1.29 is 19.1 Å². The Morgan fingerprint density at radius 3 is 2.50 bits per heavy atom. The van der Waals surface area contributed by atoms with Gasteiger partial charge in [-0.05, 0) is 44.2 Å². The average Bonchev–Trinajstić information content (AvgIpc) is 2.66. The summed E-state index contributed by atoms with van der Waals surface area (Å²) in [4.78, 5) is 40.6. The number of ether oxygens (including phenoxy) is 1. The molecule has 1 aromatic heterocycles. The minimum absolute atomic E-state index is 0.230. The molecule has 0 saturated carbocycles. The first-order valence-electron chi connectivity index (χ1n) is 8.02. The highest BCUT2D eigenvalue weighted by Gasteiger charge is 2.36. The lowest BCUT2D eigenvalue weighted by atomic mass is 9.91. The lowest BCUT2D eigenvalue weighted by molar-refractivity contribution is -0.138. The number of nitrogens with zero attached hydrogens (tertiary/aromatic N) is 1. The zero-order valence-corrected chi connectivity index (χ0v) is 14.9. The number of amides is 2. The van der Waals surface area contributed by atoms with Crippen LogP contribution in [-0.2, 0) is 20.9 Å². The highest BCUT2D eigenvalue weighted by molar-refractivity contribution is 6.10. The highest BCUT2D eigenvalue weighted by atomic mass is 16.5. The summed E-state index contributed by atoms with van der Waals surface area (Å²) >= 11 is 0. The second kappa shape index (κ2) is 8.24. The Labute approximate surface area is 151 Å². The van der Waals surface area contributed by atoms with E-state index in [0.29, 0.717) is 16.9 Å². The maximum atomic E-state index is 12.5. The molecule has 0 radical (unpaired) electrons. The van der Waals surface area contributed by atoms with Crippen LogP contribution in [0.25, 0.3) is 0 Å². The number of pyridine rings is 1. The van der Waals surface area contributed by atoms with E-state index < -0.39 is 23.2 Å². The molecule has 0 fully saturated rings. The van der Waals surface area contributed by atoms with Crippen molar-refractivity contribution in [3.63, 3.8) is 0 Å². The third kappa shape index (κ3) is 4.66. The Bertz CT molecular complexity index is 803.